The fraction of sp³-hybridized carbons (Fsp3) is 0.636. The van der Waals surface area contributed by atoms with Crippen molar-refractivity contribution in [3.63, 3.8) is 0 Å². The lowest BCUT2D eigenvalue weighted by Crippen LogP contribution is -2.58. The van der Waals surface area contributed by atoms with Gasteiger partial charge < -0.3 is 15.0 Å². The lowest BCUT2D eigenvalue weighted by Gasteiger charge is -2.37. The van der Waals surface area contributed by atoms with Gasteiger partial charge in [0.2, 0.25) is 21.8 Å². The van der Waals surface area contributed by atoms with Crippen LogP contribution in [0.25, 0.3) is 0 Å². The van der Waals surface area contributed by atoms with Crippen LogP contribution in [0.1, 0.15) is 32.1 Å². The summed E-state index contributed by atoms with van der Waals surface area (Å²) in [7, 11) is -2.20. The highest BCUT2D eigenvalue weighted by Crippen LogP contribution is 2.28. The van der Waals surface area contributed by atoms with E-state index < -0.39 is 27.9 Å². The number of hydrogen-bond donors (Lipinski definition) is 2. The Hall–Kier alpha value is -2.08. The molecule has 1 aromatic carbocycles. The maximum absolute atomic E-state index is 13.2. The number of carbonyl (C=O) groups excluding carboxylic acids is 2. The van der Waals surface area contributed by atoms with Crippen molar-refractivity contribution in [2.24, 2.45) is 0 Å². The van der Waals surface area contributed by atoms with Crippen LogP contribution in [0.15, 0.2) is 29.2 Å². The van der Waals surface area contributed by atoms with Gasteiger partial charge in [-0.15, -0.1) is 0 Å². The molecule has 0 spiro atoms. The zero-order chi connectivity index (χ0) is 23.6. The van der Waals surface area contributed by atoms with E-state index in [2.05, 4.69) is 10.0 Å². The first-order valence-corrected chi connectivity index (χ1v) is 12.9. The Balaban J connectivity index is 1.37. The van der Waals surface area contributed by atoms with Crippen molar-refractivity contribution in [2.45, 2.75) is 61.2 Å². The molecule has 0 saturated carbocycles. The fourth-order valence-corrected chi connectivity index (χ4v) is 6.43. The summed E-state index contributed by atoms with van der Waals surface area (Å²) in [6.07, 6.45) is 3.23. The van der Waals surface area contributed by atoms with Crippen molar-refractivity contribution >= 4 is 21.8 Å². The molecule has 0 bridgehead atoms. The third kappa shape index (κ3) is 5.37. The summed E-state index contributed by atoms with van der Waals surface area (Å²) < 4.78 is 46.4. The molecule has 0 unspecified atom stereocenters. The van der Waals surface area contributed by atoms with Crippen molar-refractivity contribution < 1.29 is 27.1 Å². The standard InChI is InChI=1S/C22H31FN4O5S/c1-32-14-18-3-2-10-26(18)21(28)9-6-17-12-24-22(29)20-11-16(13-27(17)20)25-33(30,31)19-7-4-15(23)5-8-19/h4-5,7-8,16-18,20,25H,2-3,6,9-14H2,1H3,(H,24,29)/t16-,17+,18+,20-/m0/s1. The van der Waals surface area contributed by atoms with Crippen molar-refractivity contribution in [3.05, 3.63) is 30.1 Å². The van der Waals surface area contributed by atoms with Gasteiger partial charge in [0.05, 0.1) is 23.6 Å². The molecule has 1 aromatic rings. The molecule has 182 valence electrons. The molecule has 4 rings (SSSR count). The average Bonchev–Trinajstić information content (AvgIpc) is 3.41. The summed E-state index contributed by atoms with van der Waals surface area (Å²) in [5.74, 6) is -0.542. The average molecular weight is 483 g/mol. The van der Waals surface area contributed by atoms with E-state index in [1.807, 2.05) is 9.80 Å². The number of fused-ring (bicyclic) bond motifs is 1. The van der Waals surface area contributed by atoms with Gasteiger partial charge in [-0.1, -0.05) is 0 Å². The van der Waals surface area contributed by atoms with Crippen molar-refractivity contribution in [3.8, 4) is 0 Å². The molecule has 3 aliphatic rings. The van der Waals surface area contributed by atoms with Gasteiger partial charge in [0.1, 0.15) is 5.82 Å². The number of amides is 2. The van der Waals surface area contributed by atoms with Gasteiger partial charge in [-0.05, 0) is 49.9 Å². The number of hydrogen-bond acceptors (Lipinski definition) is 6. The van der Waals surface area contributed by atoms with Crippen LogP contribution in [0, 0.1) is 5.82 Å². The van der Waals surface area contributed by atoms with E-state index in [1.165, 1.54) is 12.1 Å². The molecule has 0 radical (unpaired) electrons. The second-order valence-corrected chi connectivity index (χ2v) is 10.7. The van der Waals surface area contributed by atoms with E-state index in [-0.39, 0.29) is 28.8 Å². The summed E-state index contributed by atoms with van der Waals surface area (Å²) in [5.41, 5.74) is 0. The number of benzene rings is 1. The molecule has 9 nitrogen and oxygen atoms in total. The predicted molar refractivity (Wildman–Crippen MR) is 118 cm³/mol. The van der Waals surface area contributed by atoms with E-state index in [4.69, 9.17) is 4.74 Å². The van der Waals surface area contributed by atoms with E-state index in [9.17, 15) is 22.4 Å². The molecule has 3 heterocycles. The molecule has 4 atom stereocenters. The summed E-state index contributed by atoms with van der Waals surface area (Å²) >= 11 is 0. The van der Waals surface area contributed by atoms with Crippen molar-refractivity contribution in [2.75, 3.05) is 33.4 Å². The maximum atomic E-state index is 13.2. The number of sulfonamides is 1. The predicted octanol–water partition coefficient (Wildman–Crippen LogP) is 0.463. The minimum absolute atomic E-state index is 0.0170. The first-order chi connectivity index (χ1) is 15.8. The van der Waals surface area contributed by atoms with Gasteiger partial charge in [-0.25, -0.2) is 17.5 Å². The Labute approximate surface area is 193 Å². The number of carbonyl (C=O) groups is 2. The van der Waals surface area contributed by atoms with Crippen LogP contribution < -0.4 is 10.0 Å². The highest BCUT2D eigenvalue weighted by atomic mass is 32.2. The zero-order valence-corrected chi connectivity index (χ0v) is 19.5. The monoisotopic (exact) mass is 482 g/mol. The van der Waals surface area contributed by atoms with Gasteiger partial charge in [-0.3, -0.25) is 14.5 Å². The molecule has 3 aliphatic heterocycles. The maximum Gasteiger partial charge on any atom is 0.240 e. The summed E-state index contributed by atoms with van der Waals surface area (Å²) in [4.78, 5) is 29.1. The molecule has 0 aromatic heterocycles. The van der Waals surface area contributed by atoms with Crippen LogP contribution in [0.2, 0.25) is 0 Å². The van der Waals surface area contributed by atoms with Gasteiger partial charge >= 0.3 is 0 Å². The first-order valence-electron chi connectivity index (χ1n) is 11.4. The Morgan fingerprint density at radius 2 is 2.03 bits per heavy atom. The normalized spacial score (nSPS) is 28.1. The number of likely N-dealkylation sites (tertiary alicyclic amines) is 1. The van der Waals surface area contributed by atoms with Gasteiger partial charge in [0, 0.05) is 45.2 Å². The largest absolute Gasteiger partial charge is 0.383 e. The molecule has 33 heavy (non-hydrogen) atoms. The van der Waals surface area contributed by atoms with Gasteiger partial charge in [0.15, 0.2) is 0 Å². The quantitative estimate of drug-likeness (QED) is 0.558. The highest BCUT2D eigenvalue weighted by Gasteiger charge is 2.44. The topological polar surface area (TPSA) is 108 Å². The molecule has 0 aliphatic carbocycles. The lowest BCUT2D eigenvalue weighted by molar-refractivity contribution is -0.133. The van der Waals surface area contributed by atoms with Crippen LogP contribution in [0.5, 0.6) is 0 Å². The van der Waals surface area contributed by atoms with Gasteiger partial charge in [0.25, 0.3) is 0 Å². The Morgan fingerprint density at radius 1 is 1.27 bits per heavy atom. The van der Waals surface area contributed by atoms with E-state index >= 15 is 0 Å². The van der Waals surface area contributed by atoms with Crippen molar-refractivity contribution in [1.29, 1.82) is 0 Å². The number of methoxy groups -OCH3 is 1. The minimum Gasteiger partial charge on any atom is -0.383 e. The summed E-state index contributed by atoms with van der Waals surface area (Å²) in [6, 6.07) is 3.84. The van der Waals surface area contributed by atoms with E-state index in [0.717, 1.165) is 31.5 Å². The van der Waals surface area contributed by atoms with Crippen LogP contribution in [0.3, 0.4) is 0 Å². The molecule has 3 fully saturated rings. The Bertz CT molecular complexity index is 974. The third-order valence-electron chi connectivity index (χ3n) is 6.82. The molecular formula is C22H31FN4O5S. The summed E-state index contributed by atoms with van der Waals surface area (Å²) in [5, 5.41) is 2.90. The molecular weight excluding hydrogens is 451 g/mol. The van der Waals surface area contributed by atoms with E-state index in [1.54, 1.807) is 7.11 Å². The Kier molecular flexibility index (Phi) is 7.32. The van der Waals surface area contributed by atoms with Crippen LogP contribution in [-0.2, 0) is 24.3 Å². The Morgan fingerprint density at radius 3 is 2.76 bits per heavy atom. The second kappa shape index (κ2) is 10.0. The smallest absolute Gasteiger partial charge is 0.240 e. The molecule has 2 amide bonds. The highest BCUT2D eigenvalue weighted by molar-refractivity contribution is 7.89. The number of nitrogens with one attached hydrogen (secondary N) is 2. The zero-order valence-electron chi connectivity index (χ0n) is 18.7. The van der Waals surface area contributed by atoms with E-state index in [0.29, 0.717) is 39.0 Å². The lowest BCUT2D eigenvalue weighted by atomic mass is 10.0. The van der Waals surface area contributed by atoms with Crippen LogP contribution in [0.4, 0.5) is 4.39 Å². The molecule has 3 saturated heterocycles. The fourth-order valence-electron chi connectivity index (χ4n) is 5.19. The number of piperazine rings is 1. The number of ether oxygens (including phenoxy) is 1. The first kappa shape index (κ1) is 24.1. The van der Waals surface area contributed by atoms with Crippen molar-refractivity contribution in [1.82, 2.24) is 19.8 Å². The third-order valence-corrected chi connectivity index (χ3v) is 8.35. The SMILES string of the molecule is COC[C@H]1CCCN1C(=O)CC[C@@H]1CNC(=O)[C@@H]2C[C@H](NS(=O)(=O)c3ccc(F)cc3)CN12. The minimum atomic E-state index is -3.83. The second-order valence-electron chi connectivity index (χ2n) is 9.00. The summed E-state index contributed by atoms with van der Waals surface area (Å²) in [6.45, 7) is 2.10. The van der Waals surface area contributed by atoms with Gasteiger partial charge in [-0.2, -0.15) is 0 Å². The molecule has 11 heteroatoms. The van der Waals surface area contributed by atoms with Crippen LogP contribution >= 0.6 is 0 Å². The van der Waals surface area contributed by atoms with Crippen LogP contribution in [-0.4, -0.2) is 87.6 Å². The number of halogens is 1. The number of rotatable bonds is 8. The molecule has 2 N–H and O–H groups in total. The number of nitrogens with zero attached hydrogens (tertiary/aromatic N) is 2.